The summed E-state index contributed by atoms with van der Waals surface area (Å²) in [5.41, 5.74) is 3.84. The zero-order chi connectivity index (χ0) is 17.8. The van der Waals surface area contributed by atoms with Crippen molar-refractivity contribution in [2.24, 2.45) is 0 Å². The van der Waals surface area contributed by atoms with Gasteiger partial charge >= 0.3 is 0 Å². The van der Waals surface area contributed by atoms with E-state index in [4.69, 9.17) is 4.74 Å². The summed E-state index contributed by atoms with van der Waals surface area (Å²) >= 11 is 1.60. The quantitative estimate of drug-likeness (QED) is 0.683. The molecule has 0 radical (unpaired) electrons. The molecule has 0 aliphatic heterocycles. The van der Waals surface area contributed by atoms with Crippen LogP contribution in [0.4, 0.5) is 16.8 Å². The summed E-state index contributed by atoms with van der Waals surface area (Å²) in [6.45, 7) is 6.92. The molecule has 0 saturated carbocycles. The van der Waals surface area contributed by atoms with E-state index >= 15 is 0 Å². The van der Waals surface area contributed by atoms with Crippen molar-refractivity contribution in [1.82, 2.24) is 15.0 Å². The van der Waals surface area contributed by atoms with E-state index in [1.165, 1.54) is 0 Å². The van der Waals surface area contributed by atoms with Gasteiger partial charge in [-0.1, -0.05) is 17.4 Å². The number of thiazole rings is 1. The van der Waals surface area contributed by atoms with E-state index in [1.807, 2.05) is 38.1 Å². The van der Waals surface area contributed by atoms with Gasteiger partial charge in [-0.05, 0) is 38.5 Å². The van der Waals surface area contributed by atoms with Gasteiger partial charge in [-0.25, -0.2) is 15.0 Å². The van der Waals surface area contributed by atoms with Crippen LogP contribution < -0.4 is 15.4 Å². The first-order valence-electron chi connectivity index (χ1n) is 8.07. The highest BCUT2D eigenvalue weighted by molar-refractivity contribution is 7.19. The van der Waals surface area contributed by atoms with Gasteiger partial charge in [0.1, 0.15) is 5.75 Å². The molecule has 6 nitrogen and oxygen atoms in total. The molecule has 0 fully saturated rings. The van der Waals surface area contributed by atoms with Gasteiger partial charge in [-0.15, -0.1) is 0 Å². The minimum Gasteiger partial charge on any atom is -0.497 e. The van der Waals surface area contributed by atoms with Crippen molar-refractivity contribution in [3.8, 4) is 16.3 Å². The maximum Gasteiger partial charge on any atom is 0.227 e. The van der Waals surface area contributed by atoms with Gasteiger partial charge < -0.3 is 15.4 Å². The van der Waals surface area contributed by atoms with Crippen molar-refractivity contribution >= 4 is 28.1 Å². The second kappa shape index (κ2) is 7.48. The number of anilines is 3. The topological polar surface area (TPSA) is 72.0 Å². The maximum absolute atomic E-state index is 5.29. The monoisotopic (exact) mass is 355 g/mol. The van der Waals surface area contributed by atoms with Crippen molar-refractivity contribution in [1.29, 1.82) is 0 Å². The standard InChI is InChI=1S/C18H21N5OS/c1-5-19-18-21-12(3)16(25-18)14-8-9-20-17(22-14)23-15-10-13(24-4)7-6-11(15)2/h6-10H,5H2,1-4H3,(H,19,21)(H,20,22,23). The molecule has 0 amide bonds. The fourth-order valence-electron chi connectivity index (χ4n) is 2.39. The van der Waals surface area contributed by atoms with Crippen molar-refractivity contribution in [2.75, 3.05) is 24.3 Å². The summed E-state index contributed by atoms with van der Waals surface area (Å²) in [5.74, 6) is 1.34. The zero-order valence-corrected chi connectivity index (χ0v) is 15.6. The second-order valence-electron chi connectivity index (χ2n) is 5.54. The second-order valence-corrected chi connectivity index (χ2v) is 6.53. The van der Waals surface area contributed by atoms with Crippen LogP contribution in [-0.2, 0) is 0 Å². The molecule has 3 aromatic rings. The molecule has 2 heterocycles. The van der Waals surface area contributed by atoms with Crippen LogP contribution in [0.5, 0.6) is 5.75 Å². The molecule has 1 aromatic carbocycles. The number of rotatable bonds is 6. The highest BCUT2D eigenvalue weighted by Crippen LogP contribution is 2.32. The van der Waals surface area contributed by atoms with E-state index in [9.17, 15) is 0 Å². The lowest BCUT2D eigenvalue weighted by Crippen LogP contribution is -2.00. The van der Waals surface area contributed by atoms with E-state index in [2.05, 4.69) is 32.5 Å². The van der Waals surface area contributed by atoms with E-state index in [0.717, 1.165) is 44.9 Å². The third-order valence-electron chi connectivity index (χ3n) is 3.70. The molecule has 3 rings (SSSR count). The Balaban J connectivity index is 1.89. The number of nitrogens with zero attached hydrogens (tertiary/aromatic N) is 3. The number of methoxy groups -OCH3 is 1. The van der Waals surface area contributed by atoms with Crippen LogP contribution in [-0.4, -0.2) is 28.6 Å². The summed E-state index contributed by atoms with van der Waals surface area (Å²) in [7, 11) is 1.65. The minimum absolute atomic E-state index is 0.548. The van der Waals surface area contributed by atoms with Crippen LogP contribution in [0, 0.1) is 13.8 Å². The van der Waals surface area contributed by atoms with Gasteiger partial charge in [0, 0.05) is 24.5 Å². The third-order valence-corrected chi connectivity index (χ3v) is 4.84. The Morgan fingerprint density at radius 1 is 1.16 bits per heavy atom. The van der Waals surface area contributed by atoms with E-state index < -0.39 is 0 Å². The Morgan fingerprint density at radius 3 is 2.76 bits per heavy atom. The minimum atomic E-state index is 0.548. The number of hydrogen-bond donors (Lipinski definition) is 2. The van der Waals surface area contributed by atoms with E-state index in [1.54, 1.807) is 24.6 Å². The van der Waals surface area contributed by atoms with Gasteiger partial charge in [0.25, 0.3) is 0 Å². The summed E-state index contributed by atoms with van der Waals surface area (Å²) in [4.78, 5) is 14.6. The third kappa shape index (κ3) is 3.88. The molecule has 0 unspecified atom stereocenters. The van der Waals surface area contributed by atoms with Gasteiger partial charge in [0.05, 0.1) is 23.4 Å². The Hall–Kier alpha value is -2.67. The van der Waals surface area contributed by atoms with E-state index in [0.29, 0.717) is 5.95 Å². The van der Waals surface area contributed by atoms with Gasteiger partial charge in [-0.2, -0.15) is 0 Å². The molecule has 0 spiro atoms. The smallest absolute Gasteiger partial charge is 0.227 e. The van der Waals surface area contributed by atoms with Gasteiger partial charge in [0.15, 0.2) is 5.13 Å². The first kappa shape index (κ1) is 17.2. The normalized spacial score (nSPS) is 10.6. The lowest BCUT2D eigenvalue weighted by atomic mass is 10.2. The summed E-state index contributed by atoms with van der Waals surface area (Å²) in [6, 6.07) is 7.77. The number of aryl methyl sites for hydroxylation is 2. The number of aromatic nitrogens is 3. The lowest BCUT2D eigenvalue weighted by molar-refractivity contribution is 0.415. The average Bonchev–Trinajstić information content (AvgIpc) is 2.98. The molecule has 0 atom stereocenters. The molecule has 0 aliphatic carbocycles. The first-order valence-corrected chi connectivity index (χ1v) is 8.88. The Bertz CT molecular complexity index is 878. The highest BCUT2D eigenvalue weighted by atomic mass is 32.1. The first-order chi connectivity index (χ1) is 12.1. The van der Waals surface area contributed by atoms with Crippen molar-refractivity contribution < 1.29 is 4.74 Å². The van der Waals surface area contributed by atoms with Crippen molar-refractivity contribution in [3.63, 3.8) is 0 Å². The fourth-order valence-corrected chi connectivity index (χ4v) is 3.39. The number of nitrogens with one attached hydrogen (secondary N) is 2. The molecule has 0 bridgehead atoms. The molecule has 0 saturated heterocycles. The highest BCUT2D eigenvalue weighted by Gasteiger charge is 2.12. The molecule has 7 heteroatoms. The molecule has 2 N–H and O–H groups in total. The van der Waals surface area contributed by atoms with Crippen LogP contribution in [0.3, 0.4) is 0 Å². The predicted octanol–water partition coefficient (Wildman–Crippen LogP) is 4.40. The van der Waals surface area contributed by atoms with E-state index in [-0.39, 0.29) is 0 Å². The van der Waals surface area contributed by atoms with Crippen LogP contribution in [0.1, 0.15) is 18.2 Å². The predicted molar refractivity (Wildman–Crippen MR) is 103 cm³/mol. The van der Waals surface area contributed by atoms with Crippen molar-refractivity contribution in [3.05, 3.63) is 41.7 Å². The van der Waals surface area contributed by atoms with Gasteiger partial charge in [0.2, 0.25) is 5.95 Å². The fraction of sp³-hybridized carbons (Fsp3) is 0.278. The zero-order valence-electron chi connectivity index (χ0n) is 14.8. The Labute approximate surface area is 151 Å². The number of hydrogen-bond acceptors (Lipinski definition) is 7. The van der Waals surface area contributed by atoms with Crippen LogP contribution in [0.2, 0.25) is 0 Å². The summed E-state index contributed by atoms with van der Waals surface area (Å²) in [5, 5.41) is 7.43. The van der Waals surface area contributed by atoms with Crippen molar-refractivity contribution in [2.45, 2.75) is 20.8 Å². The van der Waals surface area contributed by atoms with Gasteiger partial charge in [-0.3, -0.25) is 0 Å². The average molecular weight is 355 g/mol. The molecular weight excluding hydrogens is 334 g/mol. The Morgan fingerprint density at radius 2 is 2.00 bits per heavy atom. The maximum atomic E-state index is 5.29. The number of benzene rings is 1. The van der Waals surface area contributed by atoms with Crippen LogP contribution in [0.15, 0.2) is 30.5 Å². The molecule has 2 aromatic heterocycles. The molecule has 130 valence electrons. The number of ether oxygens (including phenoxy) is 1. The molecule has 0 aliphatic rings. The molecule has 25 heavy (non-hydrogen) atoms. The van der Waals surface area contributed by atoms with Crippen LogP contribution in [0.25, 0.3) is 10.6 Å². The largest absolute Gasteiger partial charge is 0.497 e. The summed E-state index contributed by atoms with van der Waals surface area (Å²) in [6.07, 6.45) is 1.76. The SMILES string of the molecule is CCNc1nc(C)c(-c2ccnc(Nc3cc(OC)ccc3C)n2)s1. The van der Waals surface area contributed by atoms with Crippen LogP contribution >= 0.6 is 11.3 Å². The summed E-state index contributed by atoms with van der Waals surface area (Å²) < 4.78 is 5.29. The molecular formula is C18H21N5OS. The Kier molecular flexibility index (Phi) is 5.14. The lowest BCUT2D eigenvalue weighted by Gasteiger charge is -2.10.